The molecule has 0 unspecified atom stereocenters. The summed E-state index contributed by atoms with van der Waals surface area (Å²) in [5.74, 6) is 0.0686. The molecule has 1 aromatic heterocycles. The Balaban J connectivity index is 1.90. The molecular weight excluding hydrogens is 334 g/mol. The molecule has 0 atom stereocenters. The fourth-order valence-corrected chi connectivity index (χ4v) is 3.66. The second-order valence-corrected chi connectivity index (χ2v) is 6.35. The third-order valence-corrected chi connectivity index (χ3v) is 4.55. The van der Waals surface area contributed by atoms with E-state index in [2.05, 4.69) is 39.1 Å². The average molecular weight is 346 g/mol. The van der Waals surface area contributed by atoms with E-state index >= 15 is 0 Å². The third-order valence-electron chi connectivity index (χ3n) is 2.96. The smallest absolute Gasteiger partial charge is 0.123 e. The zero-order chi connectivity index (χ0) is 14.1. The molecule has 20 heavy (non-hydrogen) atoms. The molecule has 1 heterocycles. The van der Waals surface area contributed by atoms with Gasteiger partial charge in [0.2, 0.25) is 0 Å². The fraction of sp³-hybridized carbons (Fsp3) is 0. The van der Waals surface area contributed by atoms with Crippen molar-refractivity contribution in [2.75, 3.05) is 0 Å². The van der Waals surface area contributed by atoms with Gasteiger partial charge in [-0.05, 0) is 46.3 Å². The highest BCUT2D eigenvalue weighted by Gasteiger charge is 2.07. The first kappa shape index (κ1) is 13.3. The van der Waals surface area contributed by atoms with Gasteiger partial charge in [-0.2, -0.15) is 0 Å². The van der Waals surface area contributed by atoms with E-state index in [9.17, 15) is 0 Å². The number of hydrogen-bond donors (Lipinski definition) is 3. The summed E-state index contributed by atoms with van der Waals surface area (Å²) in [6, 6.07) is 16.1. The van der Waals surface area contributed by atoms with Gasteiger partial charge in [0, 0.05) is 25.8 Å². The number of para-hydroxylation sites is 1. The zero-order valence-corrected chi connectivity index (χ0v) is 12.9. The lowest BCUT2D eigenvalue weighted by molar-refractivity contribution is 1.23. The van der Waals surface area contributed by atoms with Crippen molar-refractivity contribution in [2.24, 2.45) is 5.73 Å². The van der Waals surface area contributed by atoms with Gasteiger partial charge in [-0.15, -0.1) is 0 Å². The highest BCUT2D eigenvalue weighted by atomic mass is 79.9. The number of hydrogen-bond acceptors (Lipinski definition) is 2. The molecule has 0 aliphatic heterocycles. The van der Waals surface area contributed by atoms with Crippen molar-refractivity contribution < 1.29 is 0 Å². The van der Waals surface area contributed by atoms with Gasteiger partial charge in [0.1, 0.15) is 5.84 Å². The SMILES string of the molecule is N=C(N)c1ccc(Sc2cc3ccccc3[nH]2)cc1Br. The van der Waals surface area contributed by atoms with Crippen molar-refractivity contribution in [1.29, 1.82) is 5.41 Å². The summed E-state index contributed by atoms with van der Waals surface area (Å²) in [4.78, 5) is 4.47. The molecule has 2 aromatic carbocycles. The fourth-order valence-electron chi connectivity index (χ4n) is 2.01. The predicted molar refractivity (Wildman–Crippen MR) is 87.6 cm³/mol. The lowest BCUT2D eigenvalue weighted by atomic mass is 10.2. The highest BCUT2D eigenvalue weighted by molar-refractivity contribution is 9.10. The van der Waals surface area contributed by atoms with Crippen molar-refractivity contribution in [3.05, 3.63) is 58.6 Å². The van der Waals surface area contributed by atoms with E-state index in [4.69, 9.17) is 11.1 Å². The summed E-state index contributed by atoms with van der Waals surface area (Å²) in [5.41, 5.74) is 7.36. The number of nitrogens with one attached hydrogen (secondary N) is 2. The minimum Gasteiger partial charge on any atom is -0.384 e. The topological polar surface area (TPSA) is 65.7 Å². The molecule has 0 amide bonds. The lowest BCUT2D eigenvalue weighted by Crippen LogP contribution is -2.11. The molecule has 3 nitrogen and oxygen atoms in total. The number of H-pyrrole nitrogens is 1. The molecule has 0 saturated carbocycles. The normalized spacial score (nSPS) is 10.8. The summed E-state index contributed by atoms with van der Waals surface area (Å²) in [6.45, 7) is 0. The Morgan fingerprint density at radius 3 is 2.65 bits per heavy atom. The number of fused-ring (bicyclic) bond motifs is 1. The van der Waals surface area contributed by atoms with Crippen LogP contribution in [0.5, 0.6) is 0 Å². The number of nitrogen functional groups attached to an aromatic ring is 1. The first-order chi connectivity index (χ1) is 9.63. The van der Waals surface area contributed by atoms with Crippen LogP contribution in [-0.2, 0) is 0 Å². The molecule has 5 heteroatoms. The summed E-state index contributed by atoms with van der Waals surface area (Å²) in [6.07, 6.45) is 0. The molecule has 0 radical (unpaired) electrons. The Labute approximate surface area is 129 Å². The monoisotopic (exact) mass is 345 g/mol. The predicted octanol–water partition coefficient (Wildman–Crippen LogP) is 4.37. The number of nitrogens with two attached hydrogens (primary N) is 1. The third kappa shape index (κ3) is 2.59. The van der Waals surface area contributed by atoms with E-state index in [1.54, 1.807) is 11.8 Å². The summed E-state index contributed by atoms with van der Waals surface area (Å²) in [7, 11) is 0. The van der Waals surface area contributed by atoms with Gasteiger partial charge in [-0.1, -0.05) is 30.0 Å². The Hall–Kier alpha value is -1.72. The van der Waals surface area contributed by atoms with Gasteiger partial charge in [0.05, 0.1) is 5.03 Å². The van der Waals surface area contributed by atoms with E-state index in [1.165, 1.54) is 5.39 Å². The van der Waals surface area contributed by atoms with Gasteiger partial charge in [0.25, 0.3) is 0 Å². The molecule has 0 saturated heterocycles. The van der Waals surface area contributed by atoms with E-state index in [1.807, 2.05) is 30.3 Å². The van der Waals surface area contributed by atoms with Gasteiger partial charge in [-0.25, -0.2) is 0 Å². The van der Waals surface area contributed by atoms with Crippen LogP contribution in [0.25, 0.3) is 10.9 Å². The maximum Gasteiger partial charge on any atom is 0.123 e. The molecular formula is C15H12BrN3S. The average Bonchev–Trinajstić information content (AvgIpc) is 2.80. The molecule has 0 aliphatic rings. The summed E-state index contributed by atoms with van der Waals surface area (Å²) < 4.78 is 0.839. The van der Waals surface area contributed by atoms with Crippen molar-refractivity contribution >= 4 is 44.4 Å². The number of rotatable bonds is 3. The van der Waals surface area contributed by atoms with Crippen LogP contribution in [0, 0.1) is 5.41 Å². The minimum absolute atomic E-state index is 0.0686. The Kier molecular flexibility index (Phi) is 3.54. The van der Waals surface area contributed by atoms with E-state index in [0.717, 1.165) is 19.9 Å². The molecule has 4 N–H and O–H groups in total. The van der Waals surface area contributed by atoms with Crippen LogP contribution >= 0.6 is 27.7 Å². The van der Waals surface area contributed by atoms with Crippen molar-refractivity contribution in [3.63, 3.8) is 0 Å². The van der Waals surface area contributed by atoms with Gasteiger partial charge >= 0.3 is 0 Å². The van der Waals surface area contributed by atoms with Crippen molar-refractivity contribution in [2.45, 2.75) is 9.92 Å². The molecule has 3 aromatic rings. The van der Waals surface area contributed by atoms with Crippen LogP contribution in [0.3, 0.4) is 0 Å². The molecule has 0 spiro atoms. The number of amidine groups is 1. The summed E-state index contributed by atoms with van der Waals surface area (Å²) in [5, 5.41) is 9.77. The molecule has 3 rings (SSSR count). The minimum atomic E-state index is 0.0686. The Morgan fingerprint density at radius 2 is 1.95 bits per heavy atom. The van der Waals surface area contributed by atoms with Crippen LogP contribution in [-0.4, -0.2) is 10.8 Å². The van der Waals surface area contributed by atoms with Crippen LogP contribution in [0.1, 0.15) is 5.56 Å². The van der Waals surface area contributed by atoms with Crippen LogP contribution < -0.4 is 5.73 Å². The second kappa shape index (κ2) is 5.34. The standard InChI is InChI=1S/C15H12BrN3S/c16-12-8-10(5-6-11(12)15(17)18)20-14-7-9-3-1-2-4-13(9)19-14/h1-8,19H,(H3,17,18). The van der Waals surface area contributed by atoms with E-state index < -0.39 is 0 Å². The molecule has 0 fully saturated rings. The highest BCUT2D eigenvalue weighted by Crippen LogP contribution is 2.32. The van der Waals surface area contributed by atoms with Gasteiger partial charge < -0.3 is 10.7 Å². The zero-order valence-electron chi connectivity index (χ0n) is 10.5. The summed E-state index contributed by atoms with van der Waals surface area (Å²) >= 11 is 5.10. The van der Waals surface area contributed by atoms with E-state index in [-0.39, 0.29) is 5.84 Å². The Bertz CT molecular complexity index is 762. The lowest BCUT2D eigenvalue weighted by Gasteiger charge is -2.04. The first-order valence-corrected chi connectivity index (χ1v) is 7.64. The largest absolute Gasteiger partial charge is 0.384 e. The Morgan fingerprint density at radius 1 is 1.15 bits per heavy atom. The number of aromatic nitrogens is 1. The van der Waals surface area contributed by atoms with Crippen molar-refractivity contribution in [1.82, 2.24) is 4.98 Å². The quantitative estimate of drug-likeness (QED) is 0.487. The molecule has 100 valence electrons. The molecule has 0 bridgehead atoms. The van der Waals surface area contributed by atoms with Gasteiger partial charge in [-0.3, -0.25) is 5.41 Å². The van der Waals surface area contributed by atoms with Crippen molar-refractivity contribution in [3.8, 4) is 0 Å². The van der Waals surface area contributed by atoms with Crippen LogP contribution in [0.2, 0.25) is 0 Å². The van der Waals surface area contributed by atoms with Crippen LogP contribution in [0.15, 0.2) is 62.9 Å². The maximum atomic E-state index is 7.48. The number of halogens is 1. The maximum absolute atomic E-state index is 7.48. The van der Waals surface area contributed by atoms with Gasteiger partial charge in [0.15, 0.2) is 0 Å². The second-order valence-electron chi connectivity index (χ2n) is 4.38. The van der Waals surface area contributed by atoms with Crippen LogP contribution in [0.4, 0.5) is 0 Å². The molecule has 0 aliphatic carbocycles. The van der Waals surface area contributed by atoms with E-state index in [0.29, 0.717) is 5.56 Å². The first-order valence-electron chi connectivity index (χ1n) is 6.03. The number of benzene rings is 2. The number of aromatic amines is 1.